The third-order valence-electron chi connectivity index (χ3n) is 5.08. The van der Waals surface area contributed by atoms with Crippen LogP contribution in [-0.2, 0) is 12.8 Å². The van der Waals surface area contributed by atoms with Gasteiger partial charge < -0.3 is 5.32 Å². The highest BCUT2D eigenvalue weighted by molar-refractivity contribution is 5.50. The Bertz CT molecular complexity index is 488. The van der Waals surface area contributed by atoms with E-state index in [1.165, 1.54) is 37.8 Å². The summed E-state index contributed by atoms with van der Waals surface area (Å²) in [6.07, 6.45) is 11.6. The summed E-state index contributed by atoms with van der Waals surface area (Å²) >= 11 is 0. The van der Waals surface area contributed by atoms with Crippen molar-refractivity contribution in [2.24, 2.45) is 17.8 Å². The van der Waals surface area contributed by atoms with Crippen molar-refractivity contribution in [1.29, 1.82) is 0 Å². The minimum Gasteiger partial charge on any atom is -0.385 e. The van der Waals surface area contributed by atoms with Crippen molar-refractivity contribution in [3.8, 4) is 0 Å². The Morgan fingerprint density at radius 3 is 2.83 bits per heavy atom. The van der Waals surface area contributed by atoms with Crippen molar-refractivity contribution in [2.75, 3.05) is 11.9 Å². The summed E-state index contributed by atoms with van der Waals surface area (Å²) in [4.78, 5) is 0. The van der Waals surface area contributed by atoms with E-state index in [2.05, 4.69) is 35.7 Å². The maximum Gasteiger partial charge on any atom is 0.0343 e. The number of hydrogen-bond donors (Lipinski definition) is 1. The lowest BCUT2D eigenvalue weighted by Crippen LogP contribution is -2.18. The SMILES string of the molecule is C1=CC2CC1CC2CNc1ccc2c(c1)CCC2. The summed E-state index contributed by atoms with van der Waals surface area (Å²) in [7, 11) is 0. The first kappa shape index (κ1) is 10.7. The van der Waals surface area contributed by atoms with Gasteiger partial charge in [-0.1, -0.05) is 18.2 Å². The van der Waals surface area contributed by atoms with Crippen LogP contribution in [0.1, 0.15) is 30.4 Å². The molecule has 0 amide bonds. The number of hydrogen-bond acceptors (Lipinski definition) is 1. The molecule has 1 aromatic carbocycles. The minimum atomic E-state index is 0.858. The van der Waals surface area contributed by atoms with E-state index in [1.807, 2.05) is 0 Å². The maximum atomic E-state index is 3.67. The molecule has 3 atom stereocenters. The summed E-state index contributed by atoms with van der Waals surface area (Å²) in [6.45, 7) is 1.16. The molecule has 1 fully saturated rings. The van der Waals surface area contributed by atoms with Crippen molar-refractivity contribution in [1.82, 2.24) is 0 Å². The van der Waals surface area contributed by atoms with Crippen LogP contribution in [0.15, 0.2) is 30.4 Å². The van der Waals surface area contributed by atoms with Crippen LogP contribution in [0.3, 0.4) is 0 Å². The van der Waals surface area contributed by atoms with Gasteiger partial charge in [0.2, 0.25) is 0 Å². The summed E-state index contributed by atoms with van der Waals surface area (Å²) in [5, 5.41) is 3.67. The number of benzene rings is 1. The zero-order valence-corrected chi connectivity index (χ0v) is 10.9. The number of fused-ring (bicyclic) bond motifs is 3. The van der Waals surface area contributed by atoms with Crippen molar-refractivity contribution >= 4 is 5.69 Å². The van der Waals surface area contributed by atoms with Crippen LogP contribution < -0.4 is 5.32 Å². The highest BCUT2D eigenvalue weighted by atomic mass is 14.9. The Morgan fingerprint density at radius 1 is 1.06 bits per heavy atom. The summed E-state index contributed by atoms with van der Waals surface area (Å²) in [6, 6.07) is 6.98. The van der Waals surface area contributed by atoms with E-state index >= 15 is 0 Å². The molecule has 3 aliphatic carbocycles. The average molecular weight is 239 g/mol. The van der Waals surface area contributed by atoms with Crippen molar-refractivity contribution < 1.29 is 0 Å². The fourth-order valence-electron chi connectivity index (χ4n) is 4.06. The summed E-state index contributed by atoms with van der Waals surface area (Å²) in [5.74, 6) is 2.62. The van der Waals surface area contributed by atoms with Gasteiger partial charge in [0.25, 0.3) is 0 Å². The van der Waals surface area contributed by atoms with E-state index in [9.17, 15) is 0 Å². The zero-order valence-electron chi connectivity index (χ0n) is 10.9. The molecule has 1 saturated carbocycles. The number of nitrogens with one attached hydrogen (secondary N) is 1. The second-order valence-electron chi connectivity index (χ2n) is 6.26. The third-order valence-corrected chi connectivity index (χ3v) is 5.08. The molecule has 18 heavy (non-hydrogen) atoms. The molecule has 0 radical (unpaired) electrons. The van der Waals surface area contributed by atoms with Gasteiger partial charge in [0.05, 0.1) is 0 Å². The molecule has 4 rings (SSSR count). The lowest BCUT2D eigenvalue weighted by atomic mass is 9.93. The number of anilines is 1. The molecule has 2 bridgehead atoms. The molecule has 94 valence electrons. The van der Waals surface area contributed by atoms with Crippen LogP contribution in [0, 0.1) is 17.8 Å². The fraction of sp³-hybridized carbons (Fsp3) is 0.529. The van der Waals surface area contributed by atoms with Gasteiger partial charge >= 0.3 is 0 Å². The molecule has 1 N–H and O–H groups in total. The molecule has 0 saturated heterocycles. The largest absolute Gasteiger partial charge is 0.385 e. The second kappa shape index (κ2) is 4.15. The van der Waals surface area contributed by atoms with Crippen LogP contribution in [0.4, 0.5) is 5.69 Å². The van der Waals surface area contributed by atoms with Crippen LogP contribution in [0.25, 0.3) is 0 Å². The van der Waals surface area contributed by atoms with Gasteiger partial charge in [0.1, 0.15) is 0 Å². The average Bonchev–Trinajstić information content (AvgIpc) is 3.11. The van der Waals surface area contributed by atoms with Crippen LogP contribution >= 0.6 is 0 Å². The quantitative estimate of drug-likeness (QED) is 0.791. The Hall–Kier alpha value is -1.24. The highest BCUT2D eigenvalue weighted by Crippen LogP contribution is 2.43. The van der Waals surface area contributed by atoms with Gasteiger partial charge in [-0.25, -0.2) is 0 Å². The van der Waals surface area contributed by atoms with Gasteiger partial charge in [-0.2, -0.15) is 0 Å². The van der Waals surface area contributed by atoms with Crippen molar-refractivity contribution in [3.05, 3.63) is 41.5 Å². The molecule has 0 aromatic heterocycles. The summed E-state index contributed by atoms with van der Waals surface area (Å²) in [5.41, 5.74) is 4.48. The summed E-state index contributed by atoms with van der Waals surface area (Å²) < 4.78 is 0. The monoisotopic (exact) mass is 239 g/mol. The minimum absolute atomic E-state index is 0.858. The van der Waals surface area contributed by atoms with Crippen LogP contribution in [-0.4, -0.2) is 6.54 Å². The number of rotatable bonds is 3. The van der Waals surface area contributed by atoms with Gasteiger partial charge in [-0.3, -0.25) is 0 Å². The predicted molar refractivity (Wildman–Crippen MR) is 75.8 cm³/mol. The molecule has 1 nitrogen and oxygen atoms in total. The molecule has 1 aromatic rings. The Balaban J connectivity index is 1.42. The highest BCUT2D eigenvalue weighted by Gasteiger charge is 2.35. The molecular weight excluding hydrogens is 218 g/mol. The van der Waals surface area contributed by atoms with E-state index in [-0.39, 0.29) is 0 Å². The third kappa shape index (κ3) is 1.77. The van der Waals surface area contributed by atoms with Crippen LogP contribution in [0.2, 0.25) is 0 Å². The van der Waals surface area contributed by atoms with E-state index in [1.54, 1.807) is 11.1 Å². The van der Waals surface area contributed by atoms with Crippen molar-refractivity contribution in [2.45, 2.75) is 32.1 Å². The van der Waals surface area contributed by atoms with E-state index in [4.69, 9.17) is 0 Å². The standard InChI is InChI=1S/C17H21N/c1-2-13-6-7-17(10-14(13)3-1)18-11-16-9-12-4-5-15(16)8-12/h4-7,10,12,15-16,18H,1-3,8-9,11H2. The van der Waals surface area contributed by atoms with Gasteiger partial charge in [0.15, 0.2) is 0 Å². The van der Waals surface area contributed by atoms with E-state index in [0.29, 0.717) is 0 Å². The molecule has 1 heteroatoms. The molecule has 3 unspecified atom stereocenters. The first-order valence-corrected chi connectivity index (χ1v) is 7.42. The van der Waals surface area contributed by atoms with E-state index in [0.717, 1.165) is 24.3 Å². The first-order chi connectivity index (χ1) is 8.88. The lowest BCUT2D eigenvalue weighted by molar-refractivity contribution is 0.472. The fourth-order valence-corrected chi connectivity index (χ4v) is 4.06. The van der Waals surface area contributed by atoms with Gasteiger partial charge in [-0.15, -0.1) is 0 Å². The molecule has 0 heterocycles. The van der Waals surface area contributed by atoms with E-state index < -0.39 is 0 Å². The van der Waals surface area contributed by atoms with Gasteiger partial charge in [-0.05, 0) is 73.1 Å². The molecule has 3 aliphatic rings. The zero-order chi connectivity index (χ0) is 11.9. The van der Waals surface area contributed by atoms with Gasteiger partial charge in [0, 0.05) is 12.2 Å². The second-order valence-corrected chi connectivity index (χ2v) is 6.26. The normalized spacial score (nSPS) is 31.9. The Labute approximate surface area is 109 Å². The van der Waals surface area contributed by atoms with Crippen molar-refractivity contribution in [3.63, 3.8) is 0 Å². The smallest absolute Gasteiger partial charge is 0.0343 e. The molecule has 0 spiro atoms. The number of allylic oxidation sites excluding steroid dienone is 2. The predicted octanol–water partition coefficient (Wildman–Crippen LogP) is 3.80. The lowest BCUT2D eigenvalue weighted by Gasteiger charge is -2.19. The molecular formula is C17H21N. The number of aryl methyl sites for hydroxylation is 2. The molecule has 0 aliphatic heterocycles. The Morgan fingerprint density at radius 2 is 2.00 bits per heavy atom. The topological polar surface area (TPSA) is 12.0 Å². The maximum absolute atomic E-state index is 3.67. The van der Waals surface area contributed by atoms with Crippen LogP contribution in [0.5, 0.6) is 0 Å². The first-order valence-electron chi connectivity index (χ1n) is 7.42. The Kier molecular flexibility index (Phi) is 2.46.